The van der Waals surface area contributed by atoms with Crippen molar-refractivity contribution in [1.29, 1.82) is 5.26 Å². The number of rotatable bonds is 4. The normalized spacial score (nSPS) is 20.0. The van der Waals surface area contributed by atoms with Crippen LogP contribution in [0.25, 0.3) is 0 Å². The summed E-state index contributed by atoms with van der Waals surface area (Å²) in [6.45, 7) is 2.29. The van der Waals surface area contributed by atoms with Crippen molar-refractivity contribution >= 4 is 10.2 Å². The molecule has 1 aromatic carbocycles. The van der Waals surface area contributed by atoms with Gasteiger partial charge in [-0.3, -0.25) is 0 Å². The number of hydrogen-bond acceptors (Lipinski definition) is 3. The van der Waals surface area contributed by atoms with Gasteiger partial charge in [-0.15, -0.1) is 0 Å². The Labute approximate surface area is 131 Å². The molecule has 120 valence electrons. The topological polar surface area (TPSA) is 64.4 Å². The molecule has 1 aliphatic heterocycles. The van der Waals surface area contributed by atoms with Crippen molar-refractivity contribution < 1.29 is 12.8 Å². The Morgan fingerprint density at radius 2 is 2.18 bits per heavy atom. The van der Waals surface area contributed by atoms with Crippen molar-refractivity contribution in [3.05, 3.63) is 35.1 Å². The van der Waals surface area contributed by atoms with E-state index in [0.29, 0.717) is 12.1 Å². The third kappa shape index (κ3) is 3.46. The van der Waals surface area contributed by atoms with E-state index in [1.54, 1.807) is 0 Å². The molecule has 1 saturated heterocycles. The Bertz CT molecular complexity index is 685. The molecule has 1 fully saturated rings. The molecule has 0 aliphatic carbocycles. The highest BCUT2D eigenvalue weighted by Crippen LogP contribution is 2.23. The summed E-state index contributed by atoms with van der Waals surface area (Å²) in [5.41, 5.74) is 0.517. The predicted octanol–water partition coefficient (Wildman–Crippen LogP) is 2.25. The van der Waals surface area contributed by atoms with Gasteiger partial charge >= 0.3 is 0 Å². The molecule has 0 spiro atoms. The highest BCUT2D eigenvalue weighted by atomic mass is 32.2. The van der Waals surface area contributed by atoms with Gasteiger partial charge in [0.15, 0.2) is 0 Å². The van der Waals surface area contributed by atoms with Crippen LogP contribution < -0.4 is 0 Å². The van der Waals surface area contributed by atoms with E-state index in [2.05, 4.69) is 0 Å². The molecule has 2 rings (SSSR count). The molecule has 1 aromatic rings. The zero-order valence-corrected chi connectivity index (χ0v) is 13.6. The quantitative estimate of drug-likeness (QED) is 0.853. The molecule has 0 N–H and O–H groups in total. The summed E-state index contributed by atoms with van der Waals surface area (Å²) in [6, 6.07) is 5.84. The largest absolute Gasteiger partial charge is 0.282 e. The van der Waals surface area contributed by atoms with Gasteiger partial charge in [0.25, 0.3) is 10.2 Å². The summed E-state index contributed by atoms with van der Waals surface area (Å²) in [6.07, 6.45) is 2.71. The number of nitrogens with zero attached hydrogens (tertiary/aromatic N) is 3. The Hall–Kier alpha value is -1.49. The lowest BCUT2D eigenvalue weighted by Crippen LogP contribution is -2.48. The van der Waals surface area contributed by atoms with E-state index in [0.717, 1.165) is 23.6 Å². The minimum atomic E-state index is -3.63. The van der Waals surface area contributed by atoms with Crippen molar-refractivity contribution in [2.75, 3.05) is 13.6 Å². The minimum Gasteiger partial charge on any atom is -0.207 e. The Kier molecular flexibility index (Phi) is 5.16. The maximum atomic E-state index is 13.8. The summed E-state index contributed by atoms with van der Waals surface area (Å²) in [4.78, 5) is 0. The molecule has 0 unspecified atom stereocenters. The van der Waals surface area contributed by atoms with Gasteiger partial charge in [0.1, 0.15) is 5.82 Å². The molecule has 0 aromatic heterocycles. The lowest BCUT2D eigenvalue weighted by molar-refractivity contribution is 0.249. The summed E-state index contributed by atoms with van der Waals surface area (Å²) < 4.78 is 41.7. The zero-order valence-electron chi connectivity index (χ0n) is 12.8. The van der Waals surface area contributed by atoms with Crippen LogP contribution in [-0.4, -0.2) is 36.7 Å². The van der Waals surface area contributed by atoms with Gasteiger partial charge in [0.05, 0.1) is 11.6 Å². The van der Waals surface area contributed by atoms with Crippen LogP contribution in [-0.2, 0) is 16.8 Å². The van der Waals surface area contributed by atoms with Crippen molar-refractivity contribution in [2.24, 2.45) is 0 Å². The van der Waals surface area contributed by atoms with Crippen LogP contribution in [0.15, 0.2) is 18.2 Å². The van der Waals surface area contributed by atoms with E-state index in [1.807, 2.05) is 13.0 Å². The smallest absolute Gasteiger partial charge is 0.207 e. The van der Waals surface area contributed by atoms with Gasteiger partial charge in [-0.25, -0.2) is 4.39 Å². The first-order chi connectivity index (χ1) is 10.4. The monoisotopic (exact) mass is 325 g/mol. The molecular formula is C15H20FN3O2S. The zero-order chi connectivity index (χ0) is 16.3. The Morgan fingerprint density at radius 3 is 2.82 bits per heavy atom. The Morgan fingerprint density at radius 1 is 1.45 bits per heavy atom. The average molecular weight is 325 g/mol. The number of nitriles is 1. The second kappa shape index (κ2) is 6.73. The fraction of sp³-hybridized carbons (Fsp3) is 0.533. The summed E-state index contributed by atoms with van der Waals surface area (Å²) in [5, 5.41) is 8.87. The fourth-order valence-electron chi connectivity index (χ4n) is 2.68. The first-order valence-electron chi connectivity index (χ1n) is 7.28. The van der Waals surface area contributed by atoms with Gasteiger partial charge in [0.2, 0.25) is 0 Å². The van der Waals surface area contributed by atoms with E-state index in [4.69, 9.17) is 5.26 Å². The van der Waals surface area contributed by atoms with Crippen LogP contribution in [0, 0.1) is 17.1 Å². The second-order valence-electron chi connectivity index (χ2n) is 5.64. The number of hydrogen-bond donors (Lipinski definition) is 0. The molecule has 0 amide bonds. The van der Waals surface area contributed by atoms with E-state index >= 15 is 0 Å². The second-order valence-corrected chi connectivity index (χ2v) is 7.63. The van der Waals surface area contributed by atoms with Crippen LogP contribution in [0.5, 0.6) is 0 Å². The number of halogens is 1. The van der Waals surface area contributed by atoms with Crippen molar-refractivity contribution in [3.63, 3.8) is 0 Å². The molecule has 1 heterocycles. The van der Waals surface area contributed by atoms with Gasteiger partial charge in [0, 0.05) is 31.7 Å². The maximum absolute atomic E-state index is 13.8. The average Bonchev–Trinajstić information content (AvgIpc) is 2.49. The van der Waals surface area contributed by atoms with Gasteiger partial charge < -0.3 is 0 Å². The van der Waals surface area contributed by atoms with E-state index in [-0.39, 0.29) is 18.2 Å². The van der Waals surface area contributed by atoms with Crippen molar-refractivity contribution in [3.8, 4) is 6.07 Å². The molecule has 5 nitrogen and oxygen atoms in total. The molecule has 7 heteroatoms. The van der Waals surface area contributed by atoms with E-state index in [9.17, 15) is 12.8 Å². The lowest BCUT2D eigenvalue weighted by atomic mass is 10.1. The SMILES string of the molecule is C[C@@H]1CCCCN1S(=O)(=O)N(C)Cc1cc(C#N)ccc1F. The van der Waals surface area contributed by atoms with E-state index < -0.39 is 16.0 Å². The third-order valence-corrected chi connectivity index (χ3v) is 6.05. The predicted molar refractivity (Wildman–Crippen MR) is 81.5 cm³/mol. The summed E-state index contributed by atoms with van der Waals surface area (Å²) in [5.74, 6) is -0.507. The lowest BCUT2D eigenvalue weighted by Gasteiger charge is -2.35. The highest BCUT2D eigenvalue weighted by Gasteiger charge is 2.32. The first kappa shape index (κ1) is 16.9. The van der Waals surface area contributed by atoms with Crippen molar-refractivity contribution in [1.82, 2.24) is 8.61 Å². The van der Waals surface area contributed by atoms with Crippen LogP contribution in [0.3, 0.4) is 0 Å². The Balaban J connectivity index is 2.21. The first-order valence-corrected chi connectivity index (χ1v) is 8.67. The van der Waals surface area contributed by atoms with Crippen LogP contribution in [0.4, 0.5) is 4.39 Å². The highest BCUT2D eigenvalue weighted by molar-refractivity contribution is 7.86. The molecule has 0 radical (unpaired) electrons. The van der Waals surface area contributed by atoms with Gasteiger partial charge in [-0.1, -0.05) is 6.42 Å². The number of piperidine rings is 1. The molecular weight excluding hydrogens is 305 g/mol. The summed E-state index contributed by atoms with van der Waals surface area (Å²) in [7, 11) is -2.19. The van der Waals surface area contributed by atoms with Crippen LogP contribution >= 0.6 is 0 Å². The van der Waals surface area contributed by atoms with Crippen LogP contribution in [0.1, 0.15) is 37.3 Å². The van der Waals surface area contributed by atoms with Gasteiger partial charge in [-0.2, -0.15) is 22.3 Å². The maximum Gasteiger partial charge on any atom is 0.282 e. The van der Waals surface area contributed by atoms with Crippen LogP contribution in [0.2, 0.25) is 0 Å². The van der Waals surface area contributed by atoms with Crippen molar-refractivity contribution in [2.45, 2.75) is 38.8 Å². The standard InChI is InChI=1S/C15H20FN3O2S/c1-12-5-3-4-8-19(12)22(20,21)18(2)11-14-9-13(10-17)6-7-15(14)16/h6-7,9,12H,3-5,8,11H2,1-2H3/t12-/m1/s1. The molecule has 0 saturated carbocycles. The van der Waals surface area contributed by atoms with Gasteiger partial charge in [-0.05, 0) is 38.0 Å². The minimum absolute atomic E-state index is 0.0449. The molecule has 1 atom stereocenters. The summed E-state index contributed by atoms with van der Waals surface area (Å²) >= 11 is 0. The molecule has 1 aliphatic rings. The molecule has 0 bridgehead atoms. The molecule has 22 heavy (non-hydrogen) atoms. The number of benzene rings is 1. The third-order valence-electron chi connectivity index (χ3n) is 4.00. The fourth-order valence-corrected chi connectivity index (χ4v) is 4.26. The van der Waals surface area contributed by atoms with E-state index in [1.165, 1.54) is 29.6 Å².